The first-order valence-electron chi connectivity index (χ1n) is 7.95. The van der Waals surface area contributed by atoms with E-state index in [4.69, 9.17) is 9.47 Å². The van der Waals surface area contributed by atoms with Crippen LogP contribution in [-0.2, 0) is 14.3 Å². The first-order valence-corrected chi connectivity index (χ1v) is 7.95. The Morgan fingerprint density at radius 1 is 0.833 bits per heavy atom. The van der Waals surface area contributed by atoms with Crippen molar-refractivity contribution in [1.82, 2.24) is 0 Å². The summed E-state index contributed by atoms with van der Waals surface area (Å²) >= 11 is 0. The number of fused-ring (bicyclic) bond motifs is 1. The summed E-state index contributed by atoms with van der Waals surface area (Å²) in [5, 5.41) is 0. The third kappa shape index (κ3) is 1.63. The predicted octanol–water partition coefficient (Wildman–Crippen LogP) is 3.78. The van der Waals surface area contributed by atoms with Gasteiger partial charge in [-0.3, -0.25) is 0 Å². The van der Waals surface area contributed by atoms with Crippen LogP contribution in [0, 0.1) is 10.8 Å². The third-order valence-corrected chi connectivity index (χ3v) is 6.30. The first-order chi connectivity index (χ1) is 11.2. The van der Waals surface area contributed by atoms with Gasteiger partial charge in [0, 0.05) is 10.8 Å². The molecule has 1 aromatic carbocycles. The Kier molecular flexibility index (Phi) is 3.48. The largest absolute Gasteiger partial charge is 0.466 e. The minimum atomic E-state index is -0.371. The van der Waals surface area contributed by atoms with Crippen molar-refractivity contribution < 1.29 is 19.1 Å². The van der Waals surface area contributed by atoms with Crippen LogP contribution in [0.15, 0.2) is 41.0 Å². The fourth-order valence-corrected chi connectivity index (χ4v) is 4.48. The smallest absolute Gasteiger partial charge is 0.337 e. The number of methoxy groups -OCH3 is 2. The van der Waals surface area contributed by atoms with E-state index in [9.17, 15) is 9.59 Å². The van der Waals surface area contributed by atoms with Gasteiger partial charge in [0.05, 0.1) is 25.4 Å². The van der Waals surface area contributed by atoms with Crippen molar-refractivity contribution in [3.63, 3.8) is 0 Å². The minimum absolute atomic E-state index is 0.173. The Morgan fingerprint density at radius 3 is 1.83 bits per heavy atom. The van der Waals surface area contributed by atoms with Gasteiger partial charge in [-0.2, -0.15) is 0 Å². The van der Waals surface area contributed by atoms with E-state index in [1.54, 1.807) is 12.1 Å². The molecule has 2 atom stereocenters. The second-order valence-electron chi connectivity index (χ2n) is 6.81. The maximum atomic E-state index is 12.4. The van der Waals surface area contributed by atoms with Crippen molar-refractivity contribution in [3.05, 3.63) is 52.1 Å². The quantitative estimate of drug-likeness (QED) is 0.626. The van der Waals surface area contributed by atoms with Crippen molar-refractivity contribution in [2.24, 2.45) is 10.8 Å². The summed E-state index contributed by atoms with van der Waals surface area (Å²) in [7, 11) is 2.77. The number of esters is 2. The molecule has 2 aliphatic rings. The second-order valence-corrected chi connectivity index (χ2v) is 6.81. The highest BCUT2D eigenvalue weighted by Gasteiger charge is 2.69. The molecular weight excluding hydrogens is 304 g/mol. The molecule has 4 heteroatoms. The highest BCUT2D eigenvalue weighted by molar-refractivity contribution is 6.09. The molecule has 2 unspecified atom stereocenters. The lowest BCUT2D eigenvalue weighted by atomic mass is 9.35. The molecule has 0 aliphatic heterocycles. The number of allylic oxidation sites excluding steroid dienone is 3. The van der Waals surface area contributed by atoms with E-state index in [1.807, 2.05) is 12.1 Å². The Labute approximate surface area is 142 Å². The topological polar surface area (TPSA) is 52.6 Å². The van der Waals surface area contributed by atoms with Crippen LogP contribution in [0.1, 0.15) is 43.6 Å². The van der Waals surface area contributed by atoms with Gasteiger partial charge in [0.2, 0.25) is 0 Å². The maximum absolute atomic E-state index is 12.4. The van der Waals surface area contributed by atoms with Crippen LogP contribution < -0.4 is 0 Å². The van der Waals surface area contributed by atoms with Gasteiger partial charge >= 0.3 is 11.9 Å². The molecule has 0 N–H and O–H groups in total. The zero-order valence-electron chi connectivity index (χ0n) is 14.9. The molecule has 0 bridgehead atoms. The van der Waals surface area contributed by atoms with Crippen LogP contribution in [0.3, 0.4) is 0 Å². The van der Waals surface area contributed by atoms with Crippen LogP contribution >= 0.6 is 0 Å². The van der Waals surface area contributed by atoms with E-state index in [0.29, 0.717) is 5.56 Å². The number of rotatable bonds is 3. The summed E-state index contributed by atoms with van der Waals surface area (Å²) < 4.78 is 9.78. The fourth-order valence-electron chi connectivity index (χ4n) is 4.48. The fraction of sp³-hybridized carbons (Fsp3) is 0.400. The Balaban J connectivity index is 2.13. The number of benzene rings is 1. The molecule has 0 saturated carbocycles. The Bertz CT molecular complexity index is 813. The van der Waals surface area contributed by atoms with Crippen molar-refractivity contribution in [2.75, 3.05) is 14.2 Å². The molecule has 4 nitrogen and oxygen atoms in total. The van der Waals surface area contributed by atoms with E-state index in [2.05, 4.69) is 27.7 Å². The first kappa shape index (κ1) is 16.5. The summed E-state index contributed by atoms with van der Waals surface area (Å²) in [6.45, 7) is 8.48. The second kappa shape index (κ2) is 5.07. The molecule has 0 saturated heterocycles. The highest BCUT2D eigenvalue weighted by Crippen LogP contribution is 2.77. The molecule has 1 aromatic rings. The molecule has 126 valence electrons. The van der Waals surface area contributed by atoms with E-state index >= 15 is 0 Å². The van der Waals surface area contributed by atoms with Crippen molar-refractivity contribution >= 4 is 17.5 Å². The predicted molar refractivity (Wildman–Crippen MR) is 91.3 cm³/mol. The third-order valence-electron chi connectivity index (χ3n) is 6.30. The highest BCUT2D eigenvalue weighted by atomic mass is 16.5. The maximum Gasteiger partial charge on any atom is 0.337 e. The summed E-state index contributed by atoms with van der Waals surface area (Å²) in [6.07, 6.45) is 0. The van der Waals surface area contributed by atoms with Gasteiger partial charge in [-0.15, -0.1) is 0 Å². The molecule has 0 fully saturated rings. The van der Waals surface area contributed by atoms with Crippen LogP contribution in [-0.4, -0.2) is 26.2 Å². The molecule has 0 heterocycles. The van der Waals surface area contributed by atoms with Gasteiger partial charge in [0.25, 0.3) is 0 Å². The molecule has 0 aromatic heterocycles. The van der Waals surface area contributed by atoms with Crippen LogP contribution in [0.5, 0.6) is 0 Å². The zero-order chi connectivity index (χ0) is 17.9. The van der Waals surface area contributed by atoms with E-state index in [0.717, 1.165) is 16.7 Å². The monoisotopic (exact) mass is 326 g/mol. The Morgan fingerprint density at radius 2 is 1.33 bits per heavy atom. The van der Waals surface area contributed by atoms with Gasteiger partial charge in [-0.1, -0.05) is 37.1 Å². The molecular formula is C20H22O4. The lowest BCUT2D eigenvalue weighted by Gasteiger charge is -2.67. The minimum Gasteiger partial charge on any atom is -0.466 e. The van der Waals surface area contributed by atoms with Gasteiger partial charge in [0.1, 0.15) is 0 Å². The molecule has 3 rings (SSSR count). The molecule has 2 aliphatic carbocycles. The van der Waals surface area contributed by atoms with Crippen LogP contribution in [0.25, 0.3) is 5.57 Å². The molecule has 0 spiro atoms. The normalized spacial score (nSPS) is 27.9. The van der Waals surface area contributed by atoms with Crippen molar-refractivity contribution in [2.45, 2.75) is 27.7 Å². The van der Waals surface area contributed by atoms with Gasteiger partial charge < -0.3 is 9.47 Å². The summed E-state index contributed by atoms with van der Waals surface area (Å²) in [6, 6.07) is 7.20. The number of hydrogen-bond donors (Lipinski definition) is 0. The summed E-state index contributed by atoms with van der Waals surface area (Å²) in [4.78, 5) is 24.0. The van der Waals surface area contributed by atoms with Crippen LogP contribution in [0.4, 0.5) is 0 Å². The number of hydrogen-bond acceptors (Lipinski definition) is 4. The average molecular weight is 326 g/mol. The SMILES string of the molecule is COC(=O)C1=C(c2ccc(C(=O)OC)cc2)C2(C)C(C)=C(C)C12C. The average Bonchev–Trinajstić information content (AvgIpc) is 2.62. The lowest BCUT2D eigenvalue weighted by molar-refractivity contribution is -0.138. The van der Waals surface area contributed by atoms with Gasteiger partial charge in [-0.25, -0.2) is 9.59 Å². The van der Waals surface area contributed by atoms with E-state index < -0.39 is 0 Å². The lowest BCUT2D eigenvalue weighted by Crippen LogP contribution is -2.60. The number of carbonyl (C=O) groups excluding carboxylic acids is 2. The molecule has 0 amide bonds. The van der Waals surface area contributed by atoms with E-state index in [1.165, 1.54) is 25.4 Å². The van der Waals surface area contributed by atoms with Gasteiger partial charge in [0.15, 0.2) is 0 Å². The van der Waals surface area contributed by atoms with Crippen molar-refractivity contribution in [3.8, 4) is 0 Å². The number of carbonyl (C=O) groups is 2. The summed E-state index contributed by atoms with van der Waals surface area (Å²) in [5.74, 6) is -0.655. The Hall–Kier alpha value is -2.36. The standard InChI is InChI=1S/C20H22O4/c1-11-12(2)20(4)16(18(22)24-6)15(19(11,20)3)13-7-9-14(10-8-13)17(21)23-5/h7-10H,1-6H3. The van der Waals surface area contributed by atoms with Crippen LogP contribution in [0.2, 0.25) is 0 Å². The number of ether oxygens (including phenoxy) is 2. The van der Waals surface area contributed by atoms with E-state index in [-0.39, 0.29) is 22.8 Å². The zero-order valence-corrected chi connectivity index (χ0v) is 14.9. The van der Waals surface area contributed by atoms with Crippen molar-refractivity contribution in [1.29, 1.82) is 0 Å². The molecule has 0 radical (unpaired) electrons. The van der Waals surface area contributed by atoms with Gasteiger partial charge in [-0.05, 0) is 37.1 Å². The molecule has 24 heavy (non-hydrogen) atoms. The summed E-state index contributed by atoms with van der Waals surface area (Å²) in [5.41, 5.74) is 5.23.